The lowest BCUT2D eigenvalue weighted by Crippen LogP contribution is -2.05. The van der Waals surface area contributed by atoms with E-state index in [1.807, 2.05) is 6.08 Å². The number of rotatable bonds is 0. The fourth-order valence-electron chi connectivity index (χ4n) is 2.93. The molecule has 3 aromatic carbocycles. The fraction of sp³-hybridized carbons (Fsp3) is 0.0556. The van der Waals surface area contributed by atoms with Gasteiger partial charge in [-0.05, 0) is 38.7 Å². The molecule has 4 rings (SSSR count). The lowest BCUT2D eigenvalue weighted by Gasteiger charge is -2.14. The number of ketones is 1. The highest BCUT2D eigenvalue weighted by molar-refractivity contribution is 6.12. The maximum atomic E-state index is 11.5. The normalized spacial score (nSPS) is 14.0. The predicted molar refractivity (Wildman–Crippen MR) is 79.2 cm³/mol. The van der Waals surface area contributed by atoms with Crippen LogP contribution < -0.4 is 0 Å². The molecule has 1 aliphatic rings. The van der Waals surface area contributed by atoms with E-state index >= 15 is 0 Å². The minimum Gasteiger partial charge on any atom is -0.294 e. The van der Waals surface area contributed by atoms with Crippen molar-refractivity contribution in [2.75, 3.05) is 0 Å². The molecular weight excluding hydrogens is 232 g/mol. The van der Waals surface area contributed by atoms with Crippen molar-refractivity contribution in [2.45, 2.75) is 6.42 Å². The van der Waals surface area contributed by atoms with Crippen LogP contribution in [0.4, 0.5) is 0 Å². The van der Waals surface area contributed by atoms with E-state index in [0.29, 0.717) is 6.42 Å². The number of allylic oxidation sites excluding steroid dienone is 1. The Morgan fingerprint density at radius 2 is 1.58 bits per heavy atom. The average Bonchev–Trinajstić information content (AvgIpc) is 2.46. The lowest BCUT2D eigenvalue weighted by molar-refractivity contribution is -0.114. The molecule has 1 heteroatoms. The Hall–Kier alpha value is -2.41. The van der Waals surface area contributed by atoms with Crippen LogP contribution in [0, 0.1) is 0 Å². The van der Waals surface area contributed by atoms with Crippen molar-refractivity contribution < 1.29 is 4.79 Å². The van der Waals surface area contributed by atoms with Crippen molar-refractivity contribution in [1.29, 1.82) is 0 Å². The number of hydrogen-bond donors (Lipinski definition) is 0. The largest absolute Gasteiger partial charge is 0.294 e. The number of carbonyl (C=O) groups excluding carboxylic acids is 1. The second-order valence-corrected chi connectivity index (χ2v) is 5.00. The summed E-state index contributed by atoms with van der Waals surface area (Å²) in [6, 6.07) is 17.0. The zero-order valence-corrected chi connectivity index (χ0v) is 10.4. The molecule has 0 bridgehead atoms. The number of benzene rings is 3. The number of carbonyl (C=O) groups is 1. The van der Waals surface area contributed by atoms with E-state index in [0.717, 1.165) is 5.56 Å². The van der Waals surface area contributed by atoms with Crippen LogP contribution >= 0.6 is 0 Å². The maximum absolute atomic E-state index is 11.5. The van der Waals surface area contributed by atoms with E-state index in [2.05, 4.69) is 48.5 Å². The SMILES string of the molecule is O=C1C=Cc2c(ccc3c2ccc2ccccc23)C1. The van der Waals surface area contributed by atoms with Crippen LogP contribution in [0.15, 0.2) is 54.6 Å². The molecule has 0 heterocycles. The first kappa shape index (κ1) is 10.5. The second-order valence-electron chi connectivity index (χ2n) is 5.00. The Bertz CT molecular complexity index is 856. The highest BCUT2D eigenvalue weighted by Crippen LogP contribution is 2.31. The van der Waals surface area contributed by atoms with Gasteiger partial charge in [0.05, 0.1) is 0 Å². The van der Waals surface area contributed by atoms with E-state index in [1.54, 1.807) is 6.08 Å². The Morgan fingerprint density at radius 3 is 2.53 bits per heavy atom. The molecule has 19 heavy (non-hydrogen) atoms. The van der Waals surface area contributed by atoms with E-state index in [1.165, 1.54) is 27.1 Å². The summed E-state index contributed by atoms with van der Waals surface area (Å²) in [5, 5.41) is 5.02. The van der Waals surface area contributed by atoms with Gasteiger partial charge in [0.1, 0.15) is 0 Å². The molecule has 0 saturated heterocycles. The zero-order chi connectivity index (χ0) is 12.8. The van der Waals surface area contributed by atoms with Crippen LogP contribution in [-0.4, -0.2) is 5.78 Å². The first-order chi connectivity index (χ1) is 9.33. The smallest absolute Gasteiger partial charge is 0.160 e. The summed E-state index contributed by atoms with van der Waals surface area (Å²) >= 11 is 0. The lowest BCUT2D eigenvalue weighted by atomic mass is 9.90. The number of fused-ring (bicyclic) bond motifs is 5. The van der Waals surface area contributed by atoms with Crippen molar-refractivity contribution in [1.82, 2.24) is 0 Å². The molecule has 0 atom stereocenters. The molecular formula is C18H12O. The summed E-state index contributed by atoms with van der Waals surface area (Å²) in [7, 11) is 0. The quantitative estimate of drug-likeness (QED) is 0.543. The van der Waals surface area contributed by atoms with Crippen LogP contribution in [0.5, 0.6) is 0 Å². The topological polar surface area (TPSA) is 17.1 Å². The molecule has 3 aromatic rings. The molecule has 0 saturated carbocycles. The summed E-state index contributed by atoms with van der Waals surface area (Å²) in [6.45, 7) is 0. The highest BCUT2D eigenvalue weighted by atomic mass is 16.1. The minimum absolute atomic E-state index is 0.188. The molecule has 0 fully saturated rings. The first-order valence-corrected chi connectivity index (χ1v) is 6.47. The van der Waals surface area contributed by atoms with Gasteiger partial charge in [-0.1, -0.05) is 54.6 Å². The van der Waals surface area contributed by atoms with E-state index in [9.17, 15) is 4.79 Å². The van der Waals surface area contributed by atoms with Crippen LogP contribution in [0.3, 0.4) is 0 Å². The van der Waals surface area contributed by atoms with E-state index < -0.39 is 0 Å². The summed E-state index contributed by atoms with van der Waals surface area (Å²) < 4.78 is 0. The zero-order valence-electron chi connectivity index (χ0n) is 10.4. The van der Waals surface area contributed by atoms with Crippen molar-refractivity contribution >= 4 is 33.4 Å². The van der Waals surface area contributed by atoms with Crippen molar-refractivity contribution in [2.24, 2.45) is 0 Å². The van der Waals surface area contributed by atoms with Gasteiger partial charge >= 0.3 is 0 Å². The molecule has 0 amide bonds. The van der Waals surface area contributed by atoms with Crippen LogP contribution in [0.2, 0.25) is 0 Å². The van der Waals surface area contributed by atoms with E-state index in [4.69, 9.17) is 0 Å². The summed E-state index contributed by atoms with van der Waals surface area (Å²) in [4.78, 5) is 11.5. The third-order valence-electron chi connectivity index (χ3n) is 3.86. The van der Waals surface area contributed by atoms with Gasteiger partial charge in [0.15, 0.2) is 5.78 Å². The molecule has 0 radical (unpaired) electrons. The molecule has 0 spiro atoms. The Morgan fingerprint density at radius 1 is 0.737 bits per heavy atom. The molecule has 0 unspecified atom stereocenters. The molecule has 0 N–H and O–H groups in total. The predicted octanol–water partition coefficient (Wildman–Crippen LogP) is 4.13. The highest BCUT2D eigenvalue weighted by Gasteiger charge is 2.13. The fourth-order valence-corrected chi connectivity index (χ4v) is 2.93. The Balaban J connectivity index is 2.15. The molecule has 1 aliphatic carbocycles. The van der Waals surface area contributed by atoms with Gasteiger partial charge in [-0.2, -0.15) is 0 Å². The monoisotopic (exact) mass is 244 g/mol. The second kappa shape index (κ2) is 3.79. The Kier molecular flexibility index (Phi) is 2.10. The maximum Gasteiger partial charge on any atom is 0.160 e. The van der Waals surface area contributed by atoms with Gasteiger partial charge in [-0.25, -0.2) is 0 Å². The summed E-state index contributed by atoms with van der Waals surface area (Å²) in [5.41, 5.74) is 2.33. The third-order valence-corrected chi connectivity index (χ3v) is 3.86. The van der Waals surface area contributed by atoms with Gasteiger partial charge in [-0.3, -0.25) is 4.79 Å². The van der Waals surface area contributed by atoms with Crippen LogP contribution in [-0.2, 0) is 11.2 Å². The standard InChI is InChI=1S/C18H12O/c19-14-7-10-16-13(11-14)6-9-17-15-4-2-1-3-12(15)5-8-18(16)17/h1-10H,11H2. The van der Waals surface area contributed by atoms with Gasteiger partial charge in [0.25, 0.3) is 0 Å². The Labute approximate surface area is 111 Å². The minimum atomic E-state index is 0.188. The van der Waals surface area contributed by atoms with Gasteiger partial charge in [0, 0.05) is 6.42 Å². The summed E-state index contributed by atoms with van der Waals surface area (Å²) in [5.74, 6) is 0.188. The molecule has 0 aliphatic heterocycles. The van der Waals surface area contributed by atoms with Crippen LogP contribution in [0.25, 0.3) is 27.6 Å². The molecule has 0 aromatic heterocycles. The van der Waals surface area contributed by atoms with Gasteiger partial charge < -0.3 is 0 Å². The third kappa shape index (κ3) is 1.52. The van der Waals surface area contributed by atoms with Crippen molar-refractivity contribution in [3.05, 3.63) is 65.7 Å². The average molecular weight is 244 g/mol. The van der Waals surface area contributed by atoms with Crippen LogP contribution in [0.1, 0.15) is 11.1 Å². The number of hydrogen-bond acceptors (Lipinski definition) is 1. The molecule has 1 nitrogen and oxygen atoms in total. The van der Waals surface area contributed by atoms with Crippen molar-refractivity contribution in [3.8, 4) is 0 Å². The van der Waals surface area contributed by atoms with E-state index in [-0.39, 0.29) is 5.78 Å². The van der Waals surface area contributed by atoms with Gasteiger partial charge in [-0.15, -0.1) is 0 Å². The summed E-state index contributed by atoms with van der Waals surface area (Å²) in [6.07, 6.45) is 4.17. The molecule has 90 valence electrons. The first-order valence-electron chi connectivity index (χ1n) is 6.47. The van der Waals surface area contributed by atoms with Gasteiger partial charge in [0.2, 0.25) is 0 Å². The van der Waals surface area contributed by atoms with Crippen molar-refractivity contribution in [3.63, 3.8) is 0 Å².